The van der Waals surface area contributed by atoms with Gasteiger partial charge in [0.2, 0.25) is 0 Å². The number of piperidine rings is 1. The third-order valence-corrected chi connectivity index (χ3v) is 3.98. The Labute approximate surface area is 124 Å². The minimum Gasteiger partial charge on any atom is -0.354 e. The molecular formula is C15H18N6. The average Bonchev–Trinajstić information content (AvgIpc) is 2.93. The topological polar surface area (TPSA) is 70.6 Å². The molecule has 21 heavy (non-hydrogen) atoms. The Hall–Kier alpha value is -2.42. The molecule has 0 bridgehead atoms. The highest BCUT2D eigenvalue weighted by molar-refractivity contribution is 5.49. The van der Waals surface area contributed by atoms with Gasteiger partial charge in [0.05, 0.1) is 0 Å². The van der Waals surface area contributed by atoms with E-state index in [1.807, 2.05) is 19.3 Å². The zero-order chi connectivity index (χ0) is 14.7. The Kier molecular flexibility index (Phi) is 3.82. The molecule has 0 N–H and O–H groups in total. The van der Waals surface area contributed by atoms with Crippen molar-refractivity contribution in [1.82, 2.24) is 19.5 Å². The van der Waals surface area contributed by atoms with Crippen molar-refractivity contribution in [2.24, 2.45) is 5.92 Å². The number of anilines is 1. The van der Waals surface area contributed by atoms with Crippen LogP contribution in [0.1, 0.15) is 24.4 Å². The van der Waals surface area contributed by atoms with Crippen LogP contribution >= 0.6 is 0 Å². The number of aryl methyl sites for hydroxylation is 1. The summed E-state index contributed by atoms with van der Waals surface area (Å²) in [6, 6.07) is 2.13. The van der Waals surface area contributed by atoms with E-state index in [-0.39, 0.29) is 0 Å². The van der Waals surface area contributed by atoms with Crippen molar-refractivity contribution < 1.29 is 0 Å². The zero-order valence-electron chi connectivity index (χ0n) is 12.1. The number of aromatic nitrogens is 4. The molecule has 1 atom stereocenters. The normalized spacial score (nSPS) is 18.5. The second-order valence-electron chi connectivity index (χ2n) is 5.42. The molecular weight excluding hydrogens is 264 g/mol. The van der Waals surface area contributed by atoms with Gasteiger partial charge in [-0.3, -0.25) is 0 Å². The molecule has 1 saturated heterocycles. The monoisotopic (exact) mass is 282 g/mol. The highest BCUT2D eigenvalue weighted by atomic mass is 15.2. The molecule has 0 unspecified atom stereocenters. The van der Waals surface area contributed by atoms with Gasteiger partial charge in [0.15, 0.2) is 11.5 Å². The number of rotatable bonds is 3. The van der Waals surface area contributed by atoms with Gasteiger partial charge in [0, 0.05) is 44.4 Å². The number of nitriles is 1. The van der Waals surface area contributed by atoms with Crippen molar-refractivity contribution in [3.8, 4) is 6.07 Å². The van der Waals surface area contributed by atoms with Crippen LogP contribution in [0.4, 0.5) is 5.82 Å². The van der Waals surface area contributed by atoms with Gasteiger partial charge in [0.25, 0.3) is 0 Å². The zero-order valence-corrected chi connectivity index (χ0v) is 12.1. The summed E-state index contributed by atoms with van der Waals surface area (Å²) in [5.74, 6) is 2.30. The molecule has 0 amide bonds. The second kappa shape index (κ2) is 5.92. The lowest BCUT2D eigenvalue weighted by atomic mass is 9.97. The highest BCUT2D eigenvalue weighted by Crippen LogP contribution is 2.24. The Morgan fingerprint density at radius 1 is 1.29 bits per heavy atom. The molecule has 0 aromatic carbocycles. The van der Waals surface area contributed by atoms with Gasteiger partial charge >= 0.3 is 0 Å². The summed E-state index contributed by atoms with van der Waals surface area (Å²) in [5, 5.41) is 9.17. The second-order valence-corrected chi connectivity index (χ2v) is 5.42. The van der Waals surface area contributed by atoms with Crippen LogP contribution in [0, 0.1) is 24.2 Å². The minimum atomic E-state index is 0.414. The van der Waals surface area contributed by atoms with Crippen LogP contribution in [-0.2, 0) is 6.54 Å². The molecule has 0 aliphatic carbocycles. The van der Waals surface area contributed by atoms with E-state index in [1.54, 1.807) is 12.4 Å². The predicted octanol–water partition coefficient (Wildman–Crippen LogP) is 1.77. The Balaban J connectivity index is 1.74. The minimum absolute atomic E-state index is 0.414. The fraction of sp³-hybridized carbons (Fsp3) is 0.467. The maximum Gasteiger partial charge on any atom is 0.183 e. The summed E-state index contributed by atoms with van der Waals surface area (Å²) in [7, 11) is 0. The highest BCUT2D eigenvalue weighted by Gasteiger charge is 2.23. The van der Waals surface area contributed by atoms with E-state index < -0.39 is 0 Å². The van der Waals surface area contributed by atoms with Gasteiger partial charge in [-0.25, -0.2) is 15.0 Å². The van der Waals surface area contributed by atoms with Gasteiger partial charge in [-0.2, -0.15) is 5.26 Å². The van der Waals surface area contributed by atoms with Crippen molar-refractivity contribution in [3.63, 3.8) is 0 Å². The summed E-state index contributed by atoms with van der Waals surface area (Å²) >= 11 is 0. The summed E-state index contributed by atoms with van der Waals surface area (Å²) in [4.78, 5) is 14.9. The maximum atomic E-state index is 9.17. The third-order valence-electron chi connectivity index (χ3n) is 3.98. The molecule has 0 radical (unpaired) electrons. The summed E-state index contributed by atoms with van der Waals surface area (Å²) in [6.45, 7) is 4.83. The van der Waals surface area contributed by atoms with Crippen LogP contribution in [-0.4, -0.2) is 32.6 Å². The predicted molar refractivity (Wildman–Crippen MR) is 78.6 cm³/mol. The van der Waals surface area contributed by atoms with E-state index in [9.17, 15) is 0 Å². The summed E-state index contributed by atoms with van der Waals surface area (Å²) in [5.41, 5.74) is 0.414. The van der Waals surface area contributed by atoms with Crippen LogP contribution in [0.2, 0.25) is 0 Å². The van der Waals surface area contributed by atoms with Crippen molar-refractivity contribution >= 4 is 5.82 Å². The number of nitrogens with zero attached hydrogens (tertiary/aromatic N) is 6. The van der Waals surface area contributed by atoms with Crippen LogP contribution in [0.3, 0.4) is 0 Å². The first kappa shape index (κ1) is 13.6. The fourth-order valence-electron chi connectivity index (χ4n) is 2.92. The Morgan fingerprint density at radius 2 is 2.14 bits per heavy atom. The van der Waals surface area contributed by atoms with Crippen LogP contribution in [0.25, 0.3) is 0 Å². The molecule has 6 heteroatoms. The van der Waals surface area contributed by atoms with Crippen molar-refractivity contribution in [1.29, 1.82) is 5.26 Å². The summed E-state index contributed by atoms with van der Waals surface area (Å²) in [6.07, 6.45) is 9.39. The van der Waals surface area contributed by atoms with E-state index in [2.05, 4.69) is 30.5 Å². The Bertz CT molecular complexity index is 656. The van der Waals surface area contributed by atoms with Crippen LogP contribution < -0.4 is 4.90 Å². The lowest BCUT2D eigenvalue weighted by Crippen LogP contribution is -2.38. The van der Waals surface area contributed by atoms with Crippen molar-refractivity contribution in [3.05, 3.63) is 36.3 Å². The SMILES string of the molecule is Cc1nccn1C[C@@H]1CCCN(c2nccnc2C#N)C1. The lowest BCUT2D eigenvalue weighted by molar-refractivity contribution is 0.362. The average molecular weight is 282 g/mol. The number of hydrogen-bond acceptors (Lipinski definition) is 5. The smallest absolute Gasteiger partial charge is 0.183 e. The molecule has 1 aliphatic heterocycles. The maximum absolute atomic E-state index is 9.17. The van der Waals surface area contributed by atoms with Gasteiger partial charge in [-0.05, 0) is 25.7 Å². The van der Waals surface area contributed by atoms with E-state index in [1.165, 1.54) is 6.42 Å². The van der Waals surface area contributed by atoms with Gasteiger partial charge in [-0.1, -0.05) is 0 Å². The van der Waals surface area contributed by atoms with E-state index in [4.69, 9.17) is 5.26 Å². The summed E-state index contributed by atoms with van der Waals surface area (Å²) < 4.78 is 2.19. The molecule has 3 heterocycles. The molecule has 2 aromatic heterocycles. The van der Waals surface area contributed by atoms with Gasteiger partial charge in [-0.15, -0.1) is 0 Å². The first-order chi connectivity index (χ1) is 10.3. The Morgan fingerprint density at radius 3 is 2.90 bits per heavy atom. The van der Waals surface area contributed by atoms with Gasteiger partial charge < -0.3 is 9.47 Å². The van der Waals surface area contributed by atoms with Crippen LogP contribution in [0.5, 0.6) is 0 Å². The first-order valence-electron chi connectivity index (χ1n) is 7.21. The lowest BCUT2D eigenvalue weighted by Gasteiger charge is -2.34. The molecule has 1 fully saturated rings. The molecule has 108 valence electrons. The molecule has 0 saturated carbocycles. The van der Waals surface area contributed by atoms with Crippen LogP contribution in [0.15, 0.2) is 24.8 Å². The number of imidazole rings is 1. The van der Waals surface area contributed by atoms with E-state index in [0.29, 0.717) is 17.4 Å². The molecule has 1 aliphatic rings. The quantitative estimate of drug-likeness (QED) is 0.858. The van der Waals surface area contributed by atoms with E-state index in [0.717, 1.165) is 31.9 Å². The van der Waals surface area contributed by atoms with E-state index >= 15 is 0 Å². The third kappa shape index (κ3) is 2.87. The van der Waals surface area contributed by atoms with Crippen molar-refractivity contribution in [2.75, 3.05) is 18.0 Å². The number of hydrogen-bond donors (Lipinski definition) is 0. The fourth-order valence-corrected chi connectivity index (χ4v) is 2.92. The molecule has 6 nitrogen and oxygen atoms in total. The largest absolute Gasteiger partial charge is 0.354 e. The molecule has 3 rings (SSSR count). The molecule has 2 aromatic rings. The first-order valence-corrected chi connectivity index (χ1v) is 7.21. The van der Waals surface area contributed by atoms with Gasteiger partial charge in [0.1, 0.15) is 11.9 Å². The molecule has 0 spiro atoms. The standard InChI is InChI=1S/C15H18N6/c1-12-17-6-8-20(12)10-13-3-2-7-21(11-13)15-14(9-16)18-4-5-19-15/h4-6,8,13H,2-3,7,10-11H2,1H3/t13-/m0/s1. The van der Waals surface area contributed by atoms with Crippen molar-refractivity contribution in [2.45, 2.75) is 26.3 Å².